The molecule has 0 fully saturated rings. The summed E-state index contributed by atoms with van der Waals surface area (Å²) in [6.45, 7) is 3.31. The van der Waals surface area contributed by atoms with Crippen molar-refractivity contribution in [3.05, 3.63) is 60.6 Å². The predicted octanol–water partition coefficient (Wildman–Crippen LogP) is 2.75. The number of benzene rings is 1. The Labute approximate surface area is 121 Å². The van der Waals surface area contributed by atoms with Crippen LogP contribution in [0.25, 0.3) is 11.1 Å². The fourth-order valence-electron chi connectivity index (χ4n) is 1.86. The molecule has 1 aromatic carbocycles. The lowest BCUT2D eigenvalue weighted by Gasteiger charge is -2.07. The molecule has 0 radical (unpaired) electrons. The monoisotopic (exact) mass is 284 g/mol. The number of carbonyl (C=O) groups is 2. The SMILES string of the molecule is C=CC(=O)Nc1ccc(-c2cccc(CC=O)c2)c(F)n1. The van der Waals surface area contributed by atoms with Crippen molar-refractivity contribution in [2.45, 2.75) is 6.42 Å². The molecule has 0 bridgehead atoms. The molecule has 0 unspecified atom stereocenters. The van der Waals surface area contributed by atoms with Gasteiger partial charge >= 0.3 is 0 Å². The molecule has 0 aliphatic heterocycles. The number of pyridine rings is 1. The average molecular weight is 284 g/mol. The second kappa shape index (κ2) is 6.56. The van der Waals surface area contributed by atoms with E-state index in [4.69, 9.17) is 0 Å². The molecule has 0 atom stereocenters. The molecule has 21 heavy (non-hydrogen) atoms. The molecule has 1 N–H and O–H groups in total. The van der Waals surface area contributed by atoms with Crippen LogP contribution in [0, 0.1) is 5.95 Å². The Kier molecular flexibility index (Phi) is 4.56. The van der Waals surface area contributed by atoms with Gasteiger partial charge < -0.3 is 10.1 Å². The third-order valence-corrected chi connectivity index (χ3v) is 2.84. The highest BCUT2D eigenvalue weighted by atomic mass is 19.1. The van der Waals surface area contributed by atoms with Gasteiger partial charge in [-0.15, -0.1) is 0 Å². The van der Waals surface area contributed by atoms with Crippen molar-refractivity contribution in [1.82, 2.24) is 4.98 Å². The topological polar surface area (TPSA) is 59.1 Å². The third-order valence-electron chi connectivity index (χ3n) is 2.84. The standard InChI is InChI=1S/C16H13FN2O2/c1-2-15(21)18-14-7-6-13(16(17)19-14)12-5-3-4-11(10-12)8-9-20/h2-7,9-10H,1,8H2,(H,18,19,21). The molecule has 0 saturated heterocycles. The summed E-state index contributed by atoms with van der Waals surface area (Å²) in [5.41, 5.74) is 1.73. The first-order chi connectivity index (χ1) is 10.1. The molecule has 0 saturated carbocycles. The first-order valence-corrected chi connectivity index (χ1v) is 6.27. The van der Waals surface area contributed by atoms with Crippen LogP contribution in [0.1, 0.15) is 5.56 Å². The number of nitrogens with zero attached hydrogens (tertiary/aromatic N) is 1. The van der Waals surface area contributed by atoms with Crippen molar-refractivity contribution in [1.29, 1.82) is 0 Å². The first kappa shape index (κ1) is 14.6. The van der Waals surface area contributed by atoms with Crippen LogP contribution < -0.4 is 5.32 Å². The quantitative estimate of drug-likeness (QED) is 0.522. The van der Waals surface area contributed by atoms with Crippen molar-refractivity contribution in [3.63, 3.8) is 0 Å². The molecule has 2 rings (SSSR count). The molecule has 1 aromatic heterocycles. The summed E-state index contributed by atoms with van der Waals surface area (Å²) >= 11 is 0. The number of hydrogen-bond donors (Lipinski definition) is 1. The molecule has 106 valence electrons. The number of amides is 1. The molecular weight excluding hydrogens is 271 g/mol. The largest absolute Gasteiger partial charge is 0.307 e. The van der Waals surface area contributed by atoms with Gasteiger partial charge in [0, 0.05) is 12.0 Å². The maximum absolute atomic E-state index is 14.0. The zero-order chi connectivity index (χ0) is 15.2. The minimum atomic E-state index is -0.694. The van der Waals surface area contributed by atoms with Crippen LogP contribution in [0.15, 0.2) is 49.1 Å². The van der Waals surface area contributed by atoms with E-state index in [0.29, 0.717) is 11.1 Å². The normalized spacial score (nSPS) is 9.95. The van der Waals surface area contributed by atoms with E-state index in [-0.39, 0.29) is 12.2 Å². The smallest absolute Gasteiger partial charge is 0.248 e. The molecule has 1 amide bonds. The number of carbonyl (C=O) groups excluding carboxylic acids is 2. The fraction of sp³-hybridized carbons (Fsp3) is 0.0625. The molecule has 1 heterocycles. The van der Waals surface area contributed by atoms with Crippen molar-refractivity contribution in [2.24, 2.45) is 0 Å². The lowest BCUT2D eigenvalue weighted by molar-refractivity contribution is -0.112. The van der Waals surface area contributed by atoms with Gasteiger partial charge in [-0.25, -0.2) is 4.98 Å². The van der Waals surface area contributed by atoms with E-state index in [2.05, 4.69) is 16.9 Å². The van der Waals surface area contributed by atoms with Crippen molar-refractivity contribution >= 4 is 18.0 Å². The van der Waals surface area contributed by atoms with Crippen LogP contribution in [0.2, 0.25) is 0 Å². The maximum atomic E-state index is 14.0. The second-order valence-corrected chi connectivity index (χ2v) is 4.30. The molecular formula is C16H13FN2O2. The Balaban J connectivity index is 2.32. The first-order valence-electron chi connectivity index (χ1n) is 6.27. The van der Waals surface area contributed by atoms with Gasteiger partial charge in [-0.05, 0) is 29.3 Å². The summed E-state index contributed by atoms with van der Waals surface area (Å²) in [5.74, 6) is -1.03. The summed E-state index contributed by atoms with van der Waals surface area (Å²) in [7, 11) is 0. The van der Waals surface area contributed by atoms with Crippen LogP contribution in [-0.4, -0.2) is 17.2 Å². The Morgan fingerprint density at radius 1 is 1.33 bits per heavy atom. The van der Waals surface area contributed by atoms with E-state index >= 15 is 0 Å². The van der Waals surface area contributed by atoms with Gasteiger partial charge in [0.1, 0.15) is 12.1 Å². The molecule has 0 aliphatic carbocycles. The minimum absolute atomic E-state index is 0.116. The summed E-state index contributed by atoms with van der Waals surface area (Å²) in [6, 6.07) is 10.0. The van der Waals surface area contributed by atoms with E-state index in [1.807, 2.05) is 0 Å². The number of halogens is 1. The Hall–Kier alpha value is -2.82. The molecule has 5 heteroatoms. The van der Waals surface area contributed by atoms with Gasteiger partial charge in [-0.1, -0.05) is 30.8 Å². The van der Waals surface area contributed by atoms with Gasteiger partial charge in [0.15, 0.2) is 0 Å². The second-order valence-electron chi connectivity index (χ2n) is 4.30. The predicted molar refractivity (Wildman–Crippen MR) is 78.2 cm³/mol. The van der Waals surface area contributed by atoms with E-state index in [9.17, 15) is 14.0 Å². The van der Waals surface area contributed by atoms with Crippen LogP contribution in [-0.2, 0) is 16.0 Å². The van der Waals surface area contributed by atoms with Crippen LogP contribution >= 0.6 is 0 Å². The minimum Gasteiger partial charge on any atom is -0.307 e. The zero-order valence-electron chi connectivity index (χ0n) is 11.2. The summed E-state index contributed by atoms with van der Waals surface area (Å²) in [6.07, 6.45) is 2.15. The molecule has 4 nitrogen and oxygen atoms in total. The van der Waals surface area contributed by atoms with Gasteiger partial charge in [-0.3, -0.25) is 4.79 Å². The highest BCUT2D eigenvalue weighted by molar-refractivity contribution is 5.98. The number of hydrogen-bond acceptors (Lipinski definition) is 3. The number of aromatic nitrogens is 1. The Bertz CT molecular complexity index is 698. The van der Waals surface area contributed by atoms with Crippen LogP contribution in [0.4, 0.5) is 10.2 Å². The number of rotatable bonds is 5. The lowest BCUT2D eigenvalue weighted by Crippen LogP contribution is -2.09. The van der Waals surface area contributed by atoms with Gasteiger partial charge in [0.05, 0.1) is 0 Å². The number of anilines is 1. The number of nitrogens with one attached hydrogen (secondary N) is 1. The molecule has 0 aliphatic rings. The molecule has 0 spiro atoms. The summed E-state index contributed by atoms with van der Waals surface area (Å²) in [4.78, 5) is 25.4. The highest BCUT2D eigenvalue weighted by Gasteiger charge is 2.09. The maximum Gasteiger partial charge on any atom is 0.248 e. The molecule has 2 aromatic rings. The summed E-state index contributed by atoms with van der Waals surface area (Å²) in [5, 5.41) is 2.39. The van der Waals surface area contributed by atoms with E-state index < -0.39 is 11.9 Å². The zero-order valence-corrected chi connectivity index (χ0v) is 11.2. The lowest BCUT2D eigenvalue weighted by atomic mass is 10.0. The van der Waals surface area contributed by atoms with Gasteiger partial charge in [-0.2, -0.15) is 4.39 Å². The van der Waals surface area contributed by atoms with Gasteiger partial charge in [0.2, 0.25) is 11.9 Å². The van der Waals surface area contributed by atoms with E-state index in [0.717, 1.165) is 17.9 Å². The van der Waals surface area contributed by atoms with Gasteiger partial charge in [0.25, 0.3) is 0 Å². The Morgan fingerprint density at radius 2 is 2.14 bits per heavy atom. The van der Waals surface area contributed by atoms with Crippen LogP contribution in [0.3, 0.4) is 0 Å². The highest BCUT2D eigenvalue weighted by Crippen LogP contribution is 2.24. The average Bonchev–Trinajstić information content (AvgIpc) is 2.48. The van der Waals surface area contributed by atoms with Crippen molar-refractivity contribution in [3.8, 4) is 11.1 Å². The van der Waals surface area contributed by atoms with E-state index in [1.165, 1.54) is 12.1 Å². The van der Waals surface area contributed by atoms with Crippen molar-refractivity contribution < 1.29 is 14.0 Å². The Morgan fingerprint density at radius 3 is 2.81 bits per heavy atom. The fourth-order valence-corrected chi connectivity index (χ4v) is 1.86. The third kappa shape index (κ3) is 3.60. The summed E-state index contributed by atoms with van der Waals surface area (Å²) < 4.78 is 14.0. The van der Waals surface area contributed by atoms with E-state index in [1.54, 1.807) is 24.3 Å². The van der Waals surface area contributed by atoms with Crippen molar-refractivity contribution in [2.75, 3.05) is 5.32 Å². The number of aldehydes is 1. The van der Waals surface area contributed by atoms with Crippen LogP contribution in [0.5, 0.6) is 0 Å².